The standard InChI is InChI=1S/C17H22N4S/c1-13-7-8-14(16(10-13)22-3)11-20-17(18-2)21-12-15-6-4-5-9-19-15/h4-10H,11-12H2,1-3H3,(H2,18,20,21). The van der Waals surface area contributed by atoms with Crippen molar-refractivity contribution in [3.8, 4) is 0 Å². The van der Waals surface area contributed by atoms with E-state index in [1.54, 1.807) is 25.0 Å². The maximum Gasteiger partial charge on any atom is 0.191 e. The van der Waals surface area contributed by atoms with Crippen LogP contribution in [0.4, 0.5) is 0 Å². The van der Waals surface area contributed by atoms with E-state index >= 15 is 0 Å². The maximum atomic E-state index is 4.29. The van der Waals surface area contributed by atoms with Crippen molar-refractivity contribution < 1.29 is 0 Å². The van der Waals surface area contributed by atoms with Gasteiger partial charge in [0.25, 0.3) is 0 Å². The highest BCUT2D eigenvalue weighted by molar-refractivity contribution is 7.98. The zero-order chi connectivity index (χ0) is 15.8. The van der Waals surface area contributed by atoms with Crippen molar-refractivity contribution in [3.63, 3.8) is 0 Å². The average Bonchev–Trinajstić information content (AvgIpc) is 2.56. The van der Waals surface area contributed by atoms with E-state index in [1.807, 2.05) is 18.2 Å². The summed E-state index contributed by atoms with van der Waals surface area (Å²) in [5, 5.41) is 6.62. The minimum Gasteiger partial charge on any atom is -0.352 e. The fourth-order valence-electron chi connectivity index (χ4n) is 2.07. The Bertz CT molecular complexity index is 626. The molecular formula is C17H22N4S. The molecule has 0 saturated heterocycles. The molecular weight excluding hydrogens is 292 g/mol. The largest absolute Gasteiger partial charge is 0.352 e. The molecule has 4 nitrogen and oxygen atoms in total. The monoisotopic (exact) mass is 314 g/mol. The zero-order valence-electron chi connectivity index (χ0n) is 13.3. The topological polar surface area (TPSA) is 49.3 Å². The van der Waals surface area contributed by atoms with Gasteiger partial charge >= 0.3 is 0 Å². The number of aromatic nitrogens is 1. The van der Waals surface area contributed by atoms with Gasteiger partial charge in [-0.1, -0.05) is 18.2 Å². The third kappa shape index (κ3) is 4.77. The normalized spacial score (nSPS) is 11.3. The number of aryl methyl sites for hydroxylation is 1. The summed E-state index contributed by atoms with van der Waals surface area (Å²) < 4.78 is 0. The SMILES string of the molecule is CN=C(NCc1ccccn1)NCc1ccc(C)cc1SC. The first kappa shape index (κ1) is 16.4. The van der Waals surface area contributed by atoms with Gasteiger partial charge in [-0.3, -0.25) is 9.98 Å². The summed E-state index contributed by atoms with van der Waals surface area (Å²) in [7, 11) is 1.78. The van der Waals surface area contributed by atoms with Crippen LogP contribution in [0.2, 0.25) is 0 Å². The van der Waals surface area contributed by atoms with Gasteiger partial charge in [0.05, 0.1) is 12.2 Å². The number of benzene rings is 1. The van der Waals surface area contributed by atoms with Crippen LogP contribution in [0.15, 0.2) is 52.5 Å². The van der Waals surface area contributed by atoms with Crippen molar-refractivity contribution in [3.05, 3.63) is 59.4 Å². The van der Waals surface area contributed by atoms with Gasteiger partial charge in [-0.25, -0.2) is 0 Å². The van der Waals surface area contributed by atoms with Gasteiger partial charge < -0.3 is 10.6 Å². The number of guanidine groups is 1. The molecule has 0 radical (unpaired) electrons. The van der Waals surface area contributed by atoms with E-state index in [2.05, 4.69) is 52.0 Å². The Morgan fingerprint density at radius 1 is 1.18 bits per heavy atom. The minimum absolute atomic E-state index is 0.657. The molecule has 0 aliphatic rings. The second-order valence-electron chi connectivity index (χ2n) is 4.92. The smallest absolute Gasteiger partial charge is 0.191 e. The number of nitrogens with one attached hydrogen (secondary N) is 2. The van der Waals surface area contributed by atoms with E-state index in [0.717, 1.165) is 18.2 Å². The number of nitrogens with zero attached hydrogens (tertiary/aromatic N) is 2. The lowest BCUT2D eigenvalue weighted by molar-refractivity contribution is 0.788. The van der Waals surface area contributed by atoms with Crippen LogP contribution in [0, 0.1) is 6.92 Å². The Balaban J connectivity index is 1.91. The first-order valence-corrected chi connectivity index (χ1v) is 8.43. The van der Waals surface area contributed by atoms with Gasteiger partial charge in [0, 0.05) is 24.7 Å². The number of aliphatic imine (C=N–C) groups is 1. The van der Waals surface area contributed by atoms with Crippen molar-refractivity contribution in [2.45, 2.75) is 24.9 Å². The second-order valence-corrected chi connectivity index (χ2v) is 5.76. The van der Waals surface area contributed by atoms with Crippen LogP contribution < -0.4 is 10.6 Å². The van der Waals surface area contributed by atoms with E-state index in [0.29, 0.717) is 6.54 Å². The molecule has 0 saturated carbocycles. The Labute approximate surface area is 136 Å². The molecule has 1 aromatic heterocycles. The highest BCUT2D eigenvalue weighted by atomic mass is 32.2. The van der Waals surface area contributed by atoms with Gasteiger partial charge in [0.15, 0.2) is 5.96 Å². The average molecular weight is 314 g/mol. The lowest BCUT2D eigenvalue weighted by Crippen LogP contribution is -2.36. The van der Waals surface area contributed by atoms with Crippen molar-refractivity contribution >= 4 is 17.7 Å². The number of thioether (sulfide) groups is 1. The van der Waals surface area contributed by atoms with Gasteiger partial charge in [0.1, 0.15) is 0 Å². The predicted molar refractivity (Wildman–Crippen MR) is 94.2 cm³/mol. The summed E-state index contributed by atoms with van der Waals surface area (Å²) in [6, 6.07) is 12.4. The molecule has 0 aliphatic heterocycles. The van der Waals surface area contributed by atoms with E-state index in [-0.39, 0.29) is 0 Å². The lowest BCUT2D eigenvalue weighted by Gasteiger charge is -2.14. The van der Waals surface area contributed by atoms with Crippen molar-refractivity contribution in [2.75, 3.05) is 13.3 Å². The minimum atomic E-state index is 0.657. The van der Waals surface area contributed by atoms with Gasteiger partial charge in [-0.15, -0.1) is 11.8 Å². The maximum absolute atomic E-state index is 4.29. The quantitative estimate of drug-likeness (QED) is 0.506. The molecule has 1 heterocycles. The van der Waals surface area contributed by atoms with Crippen molar-refractivity contribution in [1.82, 2.24) is 15.6 Å². The first-order valence-electron chi connectivity index (χ1n) is 7.21. The predicted octanol–water partition coefficient (Wildman–Crippen LogP) is 2.98. The number of hydrogen-bond acceptors (Lipinski definition) is 3. The summed E-state index contributed by atoms with van der Waals surface area (Å²) in [6.45, 7) is 3.52. The Kier molecular flexibility index (Phi) is 6.27. The fraction of sp³-hybridized carbons (Fsp3) is 0.294. The molecule has 2 N–H and O–H groups in total. The van der Waals surface area contributed by atoms with E-state index < -0.39 is 0 Å². The van der Waals surface area contributed by atoms with Crippen LogP contribution in [0.1, 0.15) is 16.8 Å². The number of rotatable bonds is 5. The molecule has 1 aromatic carbocycles. The molecule has 116 valence electrons. The Morgan fingerprint density at radius 3 is 2.68 bits per heavy atom. The molecule has 2 aromatic rings. The van der Waals surface area contributed by atoms with Crippen LogP contribution in [0.5, 0.6) is 0 Å². The van der Waals surface area contributed by atoms with E-state index in [1.165, 1.54) is 16.0 Å². The highest BCUT2D eigenvalue weighted by Crippen LogP contribution is 2.21. The van der Waals surface area contributed by atoms with Crippen molar-refractivity contribution in [2.24, 2.45) is 4.99 Å². The molecule has 2 rings (SSSR count). The molecule has 5 heteroatoms. The molecule has 0 spiro atoms. The van der Waals surface area contributed by atoms with Crippen LogP contribution in [-0.2, 0) is 13.1 Å². The second kappa shape index (κ2) is 8.44. The Hall–Kier alpha value is -2.01. The van der Waals surface area contributed by atoms with Crippen LogP contribution >= 0.6 is 11.8 Å². The fourth-order valence-corrected chi connectivity index (χ4v) is 2.78. The molecule has 0 bridgehead atoms. The number of pyridine rings is 1. The molecule has 0 amide bonds. The molecule has 0 aliphatic carbocycles. The summed E-state index contributed by atoms with van der Waals surface area (Å²) in [4.78, 5) is 9.84. The van der Waals surface area contributed by atoms with Crippen LogP contribution in [0.25, 0.3) is 0 Å². The molecule has 22 heavy (non-hydrogen) atoms. The van der Waals surface area contributed by atoms with Crippen LogP contribution in [0.3, 0.4) is 0 Å². The van der Waals surface area contributed by atoms with E-state index in [4.69, 9.17) is 0 Å². The number of hydrogen-bond donors (Lipinski definition) is 2. The lowest BCUT2D eigenvalue weighted by atomic mass is 10.1. The van der Waals surface area contributed by atoms with Gasteiger partial charge in [-0.2, -0.15) is 0 Å². The van der Waals surface area contributed by atoms with Gasteiger partial charge in [-0.05, 0) is 42.5 Å². The molecule has 0 fully saturated rings. The summed E-state index contributed by atoms with van der Waals surface area (Å²) in [6.07, 6.45) is 3.90. The van der Waals surface area contributed by atoms with Gasteiger partial charge in [0.2, 0.25) is 0 Å². The third-order valence-corrected chi connectivity index (χ3v) is 4.10. The Morgan fingerprint density at radius 2 is 2.00 bits per heavy atom. The molecule has 0 atom stereocenters. The third-order valence-electron chi connectivity index (χ3n) is 3.28. The summed E-state index contributed by atoms with van der Waals surface area (Å²) >= 11 is 1.77. The molecule has 0 unspecified atom stereocenters. The zero-order valence-corrected chi connectivity index (χ0v) is 14.1. The highest BCUT2D eigenvalue weighted by Gasteiger charge is 2.04. The van der Waals surface area contributed by atoms with Crippen molar-refractivity contribution in [1.29, 1.82) is 0 Å². The van der Waals surface area contributed by atoms with E-state index in [9.17, 15) is 0 Å². The summed E-state index contributed by atoms with van der Waals surface area (Å²) in [5.74, 6) is 0.776. The first-order chi connectivity index (χ1) is 10.7. The van der Waals surface area contributed by atoms with Crippen LogP contribution in [-0.4, -0.2) is 24.2 Å². The summed E-state index contributed by atoms with van der Waals surface area (Å²) in [5.41, 5.74) is 3.55.